The SMILES string of the molecule is CC(C)(C)OC(C(=O)O)c1ccc(-c2cccc(-c3cccnc3)c2)cc1-c1ccc2c(c1)CCCO2. The third-order valence-electron chi connectivity index (χ3n) is 6.44. The Kier molecular flexibility index (Phi) is 6.81. The summed E-state index contributed by atoms with van der Waals surface area (Å²) in [6, 6.07) is 24.3. The number of ether oxygens (including phenoxy) is 2. The molecule has 0 fully saturated rings. The minimum absolute atomic E-state index is 0.624. The summed E-state index contributed by atoms with van der Waals surface area (Å²) in [5.74, 6) is -0.110. The Morgan fingerprint density at radius 1 is 0.919 bits per heavy atom. The van der Waals surface area contributed by atoms with E-state index in [1.54, 1.807) is 6.20 Å². The van der Waals surface area contributed by atoms with Gasteiger partial charge in [0, 0.05) is 18.0 Å². The van der Waals surface area contributed by atoms with E-state index in [4.69, 9.17) is 9.47 Å². The van der Waals surface area contributed by atoms with Crippen LogP contribution in [0.3, 0.4) is 0 Å². The van der Waals surface area contributed by atoms with Crippen LogP contribution in [0, 0.1) is 0 Å². The summed E-state index contributed by atoms with van der Waals surface area (Å²) < 4.78 is 11.9. The monoisotopic (exact) mass is 493 g/mol. The number of nitrogens with zero attached hydrogens (tertiary/aromatic N) is 1. The molecule has 1 aliphatic heterocycles. The molecule has 0 bridgehead atoms. The molecular formula is C32H31NO4. The average molecular weight is 494 g/mol. The quantitative estimate of drug-likeness (QED) is 0.304. The van der Waals surface area contributed by atoms with Crippen molar-refractivity contribution in [3.63, 3.8) is 0 Å². The highest BCUT2D eigenvalue weighted by molar-refractivity contribution is 5.84. The topological polar surface area (TPSA) is 68.7 Å². The van der Waals surface area contributed by atoms with Crippen LogP contribution in [0.1, 0.15) is 44.4 Å². The smallest absolute Gasteiger partial charge is 0.337 e. The molecule has 1 unspecified atom stereocenters. The number of fused-ring (bicyclic) bond motifs is 1. The maximum Gasteiger partial charge on any atom is 0.337 e. The molecule has 5 heteroatoms. The predicted octanol–water partition coefficient (Wildman–Crippen LogP) is 7.35. The first-order chi connectivity index (χ1) is 17.8. The van der Waals surface area contributed by atoms with Crippen LogP contribution in [-0.4, -0.2) is 28.3 Å². The van der Waals surface area contributed by atoms with Gasteiger partial charge in [-0.15, -0.1) is 0 Å². The largest absolute Gasteiger partial charge is 0.493 e. The molecule has 0 saturated carbocycles. The van der Waals surface area contributed by atoms with E-state index >= 15 is 0 Å². The van der Waals surface area contributed by atoms with Crippen LogP contribution in [0.15, 0.2) is 85.2 Å². The minimum atomic E-state index is -1.10. The molecule has 0 aliphatic carbocycles. The number of carboxylic acids is 1. The molecule has 0 amide bonds. The summed E-state index contributed by atoms with van der Waals surface area (Å²) in [7, 11) is 0. The van der Waals surface area contributed by atoms with Gasteiger partial charge in [-0.25, -0.2) is 4.79 Å². The maximum absolute atomic E-state index is 12.4. The highest BCUT2D eigenvalue weighted by atomic mass is 16.5. The second kappa shape index (κ2) is 10.2. The number of pyridine rings is 1. The van der Waals surface area contributed by atoms with Crippen LogP contribution >= 0.6 is 0 Å². The first kappa shape index (κ1) is 24.7. The van der Waals surface area contributed by atoms with E-state index in [2.05, 4.69) is 35.3 Å². The summed E-state index contributed by atoms with van der Waals surface area (Å²) in [5.41, 5.74) is 7.09. The summed E-state index contributed by atoms with van der Waals surface area (Å²) in [6.07, 6.45) is 4.42. The van der Waals surface area contributed by atoms with E-state index in [1.807, 2.05) is 69.4 Å². The highest BCUT2D eigenvalue weighted by Crippen LogP contribution is 2.39. The number of aromatic nitrogens is 1. The van der Waals surface area contributed by atoms with Crippen molar-refractivity contribution in [1.82, 2.24) is 4.98 Å². The van der Waals surface area contributed by atoms with Gasteiger partial charge in [-0.1, -0.05) is 42.5 Å². The molecule has 0 saturated heterocycles. The lowest BCUT2D eigenvalue weighted by Gasteiger charge is -2.27. The Labute approximate surface area is 217 Å². The number of rotatable bonds is 6. The van der Waals surface area contributed by atoms with Crippen molar-refractivity contribution < 1.29 is 19.4 Å². The third-order valence-corrected chi connectivity index (χ3v) is 6.44. The molecule has 5 rings (SSSR count). The second-order valence-electron chi connectivity index (χ2n) is 10.3. The average Bonchev–Trinajstić information content (AvgIpc) is 2.91. The van der Waals surface area contributed by atoms with Gasteiger partial charge in [0.1, 0.15) is 5.75 Å². The van der Waals surface area contributed by atoms with Gasteiger partial charge in [-0.2, -0.15) is 0 Å². The lowest BCUT2D eigenvalue weighted by Crippen LogP contribution is -2.27. The summed E-state index contributed by atoms with van der Waals surface area (Å²) in [5, 5.41) is 10.2. The fraction of sp³-hybridized carbons (Fsp3) is 0.250. The van der Waals surface area contributed by atoms with E-state index in [1.165, 1.54) is 0 Å². The van der Waals surface area contributed by atoms with Crippen LogP contribution < -0.4 is 4.74 Å². The molecular weight excluding hydrogens is 462 g/mol. The molecule has 5 nitrogen and oxygen atoms in total. The Hall–Kier alpha value is -3.96. The number of hydrogen-bond acceptors (Lipinski definition) is 4. The van der Waals surface area contributed by atoms with E-state index in [9.17, 15) is 9.90 Å². The standard InChI is InChI=1S/C32H31NO4/c1-32(2,3)37-30(31(34)35)27-13-11-23(21-7-4-8-22(17-21)26-9-5-15-33-20-26)19-28(27)24-12-14-29-25(18-24)10-6-16-36-29/h4-5,7-9,11-15,17-20,30H,6,10,16H2,1-3H3,(H,34,35). The van der Waals surface area contributed by atoms with Gasteiger partial charge in [0.15, 0.2) is 6.10 Å². The molecule has 2 heterocycles. The Bertz CT molecular complexity index is 1420. The van der Waals surface area contributed by atoms with Crippen LogP contribution in [0.25, 0.3) is 33.4 Å². The van der Waals surface area contributed by atoms with Crippen molar-refractivity contribution in [3.8, 4) is 39.1 Å². The number of aryl methyl sites for hydroxylation is 1. The molecule has 1 aromatic heterocycles. The Morgan fingerprint density at radius 2 is 1.65 bits per heavy atom. The maximum atomic E-state index is 12.4. The van der Waals surface area contributed by atoms with E-state index in [0.717, 1.165) is 64.1 Å². The Balaban J connectivity index is 1.65. The van der Waals surface area contributed by atoms with Crippen LogP contribution in [-0.2, 0) is 16.0 Å². The number of benzene rings is 3. The van der Waals surface area contributed by atoms with Gasteiger partial charge in [0.05, 0.1) is 12.2 Å². The van der Waals surface area contributed by atoms with Gasteiger partial charge >= 0.3 is 5.97 Å². The first-order valence-corrected chi connectivity index (χ1v) is 12.6. The summed E-state index contributed by atoms with van der Waals surface area (Å²) in [6.45, 7) is 6.34. The zero-order valence-corrected chi connectivity index (χ0v) is 21.4. The van der Waals surface area contributed by atoms with E-state index < -0.39 is 17.7 Å². The van der Waals surface area contributed by atoms with Gasteiger partial charge in [-0.3, -0.25) is 4.98 Å². The zero-order chi connectivity index (χ0) is 26.0. The molecule has 188 valence electrons. The highest BCUT2D eigenvalue weighted by Gasteiger charge is 2.29. The van der Waals surface area contributed by atoms with Gasteiger partial charge in [0.2, 0.25) is 0 Å². The number of carbonyl (C=O) groups is 1. The Morgan fingerprint density at radius 3 is 2.38 bits per heavy atom. The van der Waals surface area contributed by atoms with E-state index in [-0.39, 0.29) is 0 Å². The van der Waals surface area contributed by atoms with Crippen molar-refractivity contribution >= 4 is 5.97 Å². The van der Waals surface area contributed by atoms with Crippen molar-refractivity contribution in [1.29, 1.82) is 0 Å². The lowest BCUT2D eigenvalue weighted by molar-refractivity contribution is -0.160. The molecule has 0 radical (unpaired) electrons. The zero-order valence-electron chi connectivity index (χ0n) is 21.4. The molecule has 3 aromatic carbocycles. The molecule has 37 heavy (non-hydrogen) atoms. The fourth-order valence-electron chi connectivity index (χ4n) is 4.75. The second-order valence-corrected chi connectivity index (χ2v) is 10.3. The van der Waals surface area contributed by atoms with Gasteiger partial charge in [0.25, 0.3) is 0 Å². The number of carboxylic acid groups (broad SMARTS) is 1. The number of hydrogen-bond donors (Lipinski definition) is 1. The van der Waals surface area contributed by atoms with Crippen molar-refractivity contribution in [2.45, 2.75) is 45.3 Å². The lowest BCUT2D eigenvalue weighted by atomic mass is 9.89. The molecule has 1 atom stereocenters. The van der Waals surface area contributed by atoms with Crippen LogP contribution in [0.5, 0.6) is 5.75 Å². The molecule has 1 N–H and O–H groups in total. The van der Waals surface area contributed by atoms with Crippen molar-refractivity contribution in [2.75, 3.05) is 6.61 Å². The fourth-order valence-corrected chi connectivity index (χ4v) is 4.75. The normalized spacial score (nSPS) is 13.9. The third kappa shape index (κ3) is 5.57. The van der Waals surface area contributed by atoms with E-state index in [0.29, 0.717) is 5.56 Å². The predicted molar refractivity (Wildman–Crippen MR) is 146 cm³/mol. The molecule has 4 aromatic rings. The van der Waals surface area contributed by atoms with Gasteiger partial charge in [-0.05, 0) is 103 Å². The molecule has 1 aliphatic rings. The summed E-state index contributed by atoms with van der Waals surface area (Å²) in [4.78, 5) is 16.6. The summed E-state index contributed by atoms with van der Waals surface area (Å²) >= 11 is 0. The van der Waals surface area contributed by atoms with Crippen LogP contribution in [0.4, 0.5) is 0 Å². The van der Waals surface area contributed by atoms with Crippen molar-refractivity contribution in [2.24, 2.45) is 0 Å². The van der Waals surface area contributed by atoms with Crippen LogP contribution in [0.2, 0.25) is 0 Å². The van der Waals surface area contributed by atoms with Crippen molar-refractivity contribution in [3.05, 3.63) is 96.3 Å². The molecule has 0 spiro atoms. The minimum Gasteiger partial charge on any atom is -0.493 e. The van der Waals surface area contributed by atoms with Gasteiger partial charge < -0.3 is 14.6 Å². The number of aliphatic carboxylic acids is 1. The first-order valence-electron chi connectivity index (χ1n) is 12.6.